The van der Waals surface area contributed by atoms with Crippen molar-refractivity contribution in [2.45, 2.75) is 82.3 Å². The lowest BCUT2D eigenvalue weighted by Gasteiger charge is -2.35. The Labute approximate surface area is 265 Å². The Hall–Kier alpha value is -3.07. The zero-order chi connectivity index (χ0) is 31.0. The van der Waals surface area contributed by atoms with E-state index in [-0.39, 0.29) is 23.4 Å². The van der Waals surface area contributed by atoms with Crippen molar-refractivity contribution in [3.05, 3.63) is 94.0 Å². The Morgan fingerprint density at radius 1 is 0.884 bits per heavy atom. The SMILES string of the molecule is CCc1ccccc1N(CC(=O)N(Cc1c(Cl)cccc1Cl)[C@H](CC)C(=O)NC1CCCCC1)S(=O)(=O)c1ccccc1. The molecular formula is C33H39Cl2N3O4S. The predicted octanol–water partition coefficient (Wildman–Crippen LogP) is 7.01. The summed E-state index contributed by atoms with van der Waals surface area (Å²) >= 11 is 13.1. The largest absolute Gasteiger partial charge is 0.352 e. The number of para-hydroxylation sites is 1. The van der Waals surface area contributed by atoms with Gasteiger partial charge in [0, 0.05) is 28.2 Å². The number of nitrogens with one attached hydrogen (secondary N) is 1. The lowest BCUT2D eigenvalue weighted by Crippen LogP contribution is -2.54. The topological polar surface area (TPSA) is 86.8 Å². The number of amides is 2. The summed E-state index contributed by atoms with van der Waals surface area (Å²) in [6.45, 7) is 3.21. The normalized spacial score (nSPS) is 14.6. The first-order valence-electron chi connectivity index (χ1n) is 14.9. The van der Waals surface area contributed by atoms with Crippen molar-refractivity contribution in [1.82, 2.24) is 10.2 Å². The molecule has 0 aliphatic heterocycles. The van der Waals surface area contributed by atoms with Gasteiger partial charge in [-0.3, -0.25) is 13.9 Å². The minimum absolute atomic E-state index is 0.0440. The maximum absolute atomic E-state index is 14.4. The molecule has 10 heteroatoms. The van der Waals surface area contributed by atoms with Gasteiger partial charge in [-0.05, 0) is 61.6 Å². The number of aryl methyl sites for hydroxylation is 1. The standard InChI is InChI=1S/C33H39Cl2N3O4S/c1-3-24-14-11-12-21-31(24)38(43(41,42)26-17-9-6-10-18-26)23-32(39)37(22-27-28(34)19-13-20-29(27)35)30(4-2)33(40)36-25-15-7-5-8-16-25/h6,9-14,17-21,25,30H,3-5,7-8,15-16,22-23H2,1-2H3,(H,36,40)/t30-/m1/s1. The van der Waals surface area contributed by atoms with E-state index in [0.29, 0.717) is 34.1 Å². The lowest BCUT2D eigenvalue weighted by atomic mass is 9.95. The number of rotatable bonds is 12. The van der Waals surface area contributed by atoms with Gasteiger partial charge in [-0.1, -0.05) is 98.8 Å². The lowest BCUT2D eigenvalue weighted by molar-refractivity contribution is -0.140. The number of halogens is 2. The van der Waals surface area contributed by atoms with Crippen molar-refractivity contribution in [2.24, 2.45) is 0 Å². The average molecular weight is 645 g/mol. The van der Waals surface area contributed by atoms with E-state index in [2.05, 4.69) is 5.32 Å². The quantitative estimate of drug-likeness (QED) is 0.230. The van der Waals surface area contributed by atoms with Crippen LogP contribution < -0.4 is 9.62 Å². The summed E-state index contributed by atoms with van der Waals surface area (Å²) in [5, 5.41) is 3.87. The van der Waals surface area contributed by atoms with Gasteiger partial charge in [0.1, 0.15) is 12.6 Å². The minimum atomic E-state index is -4.15. The molecule has 0 bridgehead atoms. The van der Waals surface area contributed by atoms with E-state index >= 15 is 0 Å². The molecule has 1 N–H and O–H groups in total. The van der Waals surface area contributed by atoms with Crippen molar-refractivity contribution in [1.29, 1.82) is 0 Å². The first-order chi connectivity index (χ1) is 20.7. The number of hydrogen-bond donors (Lipinski definition) is 1. The van der Waals surface area contributed by atoms with Crippen LogP contribution in [0, 0.1) is 0 Å². The smallest absolute Gasteiger partial charge is 0.264 e. The summed E-state index contributed by atoms with van der Waals surface area (Å²) in [5.41, 5.74) is 1.68. The molecule has 1 aliphatic rings. The molecule has 4 rings (SSSR count). The summed E-state index contributed by atoms with van der Waals surface area (Å²) in [4.78, 5) is 29.6. The van der Waals surface area contributed by atoms with Gasteiger partial charge < -0.3 is 10.2 Å². The number of benzene rings is 3. The van der Waals surface area contributed by atoms with Crippen molar-refractivity contribution >= 4 is 50.7 Å². The summed E-state index contributed by atoms with van der Waals surface area (Å²) in [6, 6.07) is 19.4. The molecule has 1 saturated carbocycles. The van der Waals surface area contributed by atoms with E-state index in [1.807, 2.05) is 26.0 Å². The minimum Gasteiger partial charge on any atom is -0.352 e. The Morgan fingerprint density at radius 2 is 1.51 bits per heavy atom. The fourth-order valence-corrected chi connectivity index (χ4v) is 7.59. The van der Waals surface area contributed by atoms with Crippen LogP contribution in [0.1, 0.15) is 63.5 Å². The highest BCUT2D eigenvalue weighted by Gasteiger charge is 2.35. The maximum atomic E-state index is 14.4. The summed E-state index contributed by atoms with van der Waals surface area (Å²) < 4.78 is 29.3. The number of hydrogen-bond acceptors (Lipinski definition) is 4. The van der Waals surface area contributed by atoms with Crippen LogP contribution >= 0.6 is 23.2 Å². The summed E-state index contributed by atoms with van der Waals surface area (Å²) in [6.07, 6.45) is 5.90. The third-order valence-corrected chi connectivity index (χ3v) is 10.5. The predicted molar refractivity (Wildman–Crippen MR) is 173 cm³/mol. The van der Waals surface area contributed by atoms with Gasteiger partial charge in [-0.25, -0.2) is 8.42 Å². The molecule has 1 fully saturated rings. The second kappa shape index (κ2) is 15.1. The summed E-state index contributed by atoms with van der Waals surface area (Å²) in [7, 11) is -4.15. The molecule has 0 unspecified atom stereocenters. The third kappa shape index (κ3) is 7.91. The Balaban J connectivity index is 1.76. The molecular weight excluding hydrogens is 605 g/mol. The van der Waals surface area contributed by atoms with Gasteiger partial charge in [0.2, 0.25) is 11.8 Å². The first-order valence-corrected chi connectivity index (χ1v) is 17.0. The van der Waals surface area contributed by atoms with Gasteiger partial charge in [-0.15, -0.1) is 0 Å². The van der Waals surface area contributed by atoms with E-state index in [0.717, 1.165) is 42.0 Å². The zero-order valence-corrected chi connectivity index (χ0v) is 27.0. The van der Waals surface area contributed by atoms with Gasteiger partial charge in [0.05, 0.1) is 10.6 Å². The number of carbonyl (C=O) groups excluding carboxylic acids is 2. The first kappa shape index (κ1) is 32.8. The molecule has 0 spiro atoms. The number of carbonyl (C=O) groups is 2. The van der Waals surface area contributed by atoms with Gasteiger partial charge in [0.15, 0.2) is 0 Å². The van der Waals surface area contributed by atoms with Crippen LogP contribution in [-0.4, -0.2) is 43.8 Å². The fraction of sp³-hybridized carbons (Fsp3) is 0.394. The molecule has 230 valence electrons. The van der Waals surface area contributed by atoms with Crippen LogP contribution in [0.5, 0.6) is 0 Å². The van der Waals surface area contributed by atoms with Crippen molar-refractivity contribution in [2.75, 3.05) is 10.8 Å². The number of sulfonamides is 1. The fourth-order valence-electron chi connectivity index (χ4n) is 5.60. The molecule has 1 atom stereocenters. The van der Waals surface area contributed by atoms with Crippen molar-refractivity contribution in [3.8, 4) is 0 Å². The van der Waals surface area contributed by atoms with Gasteiger partial charge >= 0.3 is 0 Å². The molecule has 0 saturated heterocycles. The monoisotopic (exact) mass is 643 g/mol. The second-order valence-corrected chi connectivity index (χ2v) is 13.5. The maximum Gasteiger partial charge on any atom is 0.264 e. The number of nitrogens with zero attached hydrogens (tertiary/aromatic N) is 2. The number of anilines is 1. The highest BCUT2D eigenvalue weighted by molar-refractivity contribution is 7.92. The average Bonchev–Trinajstić information content (AvgIpc) is 3.02. The van der Waals surface area contributed by atoms with E-state index in [4.69, 9.17) is 23.2 Å². The van der Waals surface area contributed by atoms with E-state index in [9.17, 15) is 18.0 Å². The van der Waals surface area contributed by atoms with E-state index in [1.54, 1.807) is 48.5 Å². The van der Waals surface area contributed by atoms with Crippen LogP contribution in [0.3, 0.4) is 0 Å². The molecule has 1 aliphatic carbocycles. The molecule has 0 aromatic heterocycles. The van der Waals surface area contributed by atoms with E-state index < -0.39 is 28.5 Å². The van der Waals surface area contributed by atoms with Crippen LogP contribution in [0.2, 0.25) is 10.0 Å². The molecule has 0 radical (unpaired) electrons. The Bertz CT molecular complexity index is 1490. The van der Waals surface area contributed by atoms with Crippen LogP contribution in [-0.2, 0) is 32.6 Å². The summed E-state index contributed by atoms with van der Waals surface area (Å²) in [5.74, 6) is -0.801. The molecule has 2 amide bonds. The molecule has 43 heavy (non-hydrogen) atoms. The third-order valence-electron chi connectivity index (χ3n) is 7.98. The van der Waals surface area contributed by atoms with Crippen LogP contribution in [0.4, 0.5) is 5.69 Å². The van der Waals surface area contributed by atoms with Crippen molar-refractivity contribution in [3.63, 3.8) is 0 Å². The van der Waals surface area contributed by atoms with E-state index in [1.165, 1.54) is 17.0 Å². The van der Waals surface area contributed by atoms with Crippen LogP contribution in [0.25, 0.3) is 0 Å². The molecule has 3 aromatic rings. The van der Waals surface area contributed by atoms with Gasteiger partial charge in [-0.2, -0.15) is 0 Å². The molecule has 7 nitrogen and oxygen atoms in total. The van der Waals surface area contributed by atoms with Crippen LogP contribution in [0.15, 0.2) is 77.7 Å². The van der Waals surface area contributed by atoms with Crippen molar-refractivity contribution < 1.29 is 18.0 Å². The highest BCUT2D eigenvalue weighted by atomic mass is 35.5. The zero-order valence-electron chi connectivity index (χ0n) is 24.6. The Morgan fingerprint density at radius 3 is 2.14 bits per heavy atom. The molecule has 3 aromatic carbocycles. The second-order valence-electron chi connectivity index (χ2n) is 10.8. The van der Waals surface area contributed by atoms with Gasteiger partial charge in [0.25, 0.3) is 10.0 Å². The molecule has 0 heterocycles. The Kier molecular flexibility index (Phi) is 11.5. The highest BCUT2D eigenvalue weighted by Crippen LogP contribution is 2.30.